The molecule has 2 atom stereocenters. The van der Waals surface area contributed by atoms with E-state index in [1.165, 1.54) is 10.9 Å². The molecule has 154 valence electrons. The molecule has 1 fully saturated rings. The number of rotatable bonds is 5. The van der Waals surface area contributed by atoms with Crippen molar-refractivity contribution in [2.75, 3.05) is 13.1 Å². The first-order valence-corrected chi connectivity index (χ1v) is 9.72. The van der Waals surface area contributed by atoms with Gasteiger partial charge in [-0.15, -0.1) is 10.2 Å². The molecular weight excluding hydrogens is 370 g/mol. The van der Waals surface area contributed by atoms with E-state index in [-0.39, 0.29) is 18.5 Å². The lowest BCUT2D eigenvalue weighted by Crippen LogP contribution is -2.24. The standard InChI is InChI=1S/C20H25N5O.CH2O2/c1-14(2)25-13-22-23-20(25)12-24-10-16(19(26)11-24)9-15-7-8-21-18-6-4-3-5-17(15)18;2-1-3/h3-8,13-14,16,19,26H,9-12H2,1-2H3;1H,(H,2,3)/t16-,19-;/m1./s1. The number of β-amino-alcohol motifs (C(OH)–C–C–N with tert-alkyl or cyclic N) is 1. The highest BCUT2D eigenvalue weighted by molar-refractivity contribution is 5.81. The van der Waals surface area contributed by atoms with Crippen molar-refractivity contribution in [1.82, 2.24) is 24.6 Å². The molecule has 8 heteroatoms. The highest BCUT2D eigenvalue weighted by Gasteiger charge is 2.32. The highest BCUT2D eigenvalue weighted by atomic mass is 16.3. The van der Waals surface area contributed by atoms with Crippen LogP contribution in [-0.2, 0) is 17.8 Å². The second-order valence-corrected chi connectivity index (χ2v) is 7.57. The third-order valence-corrected chi connectivity index (χ3v) is 5.27. The minimum Gasteiger partial charge on any atom is -0.483 e. The van der Waals surface area contributed by atoms with Crippen molar-refractivity contribution in [3.63, 3.8) is 0 Å². The second-order valence-electron chi connectivity index (χ2n) is 7.57. The number of fused-ring (bicyclic) bond motifs is 1. The summed E-state index contributed by atoms with van der Waals surface area (Å²) in [6.07, 6.45) is 4.18. The van der Waals surface area contributed by atoms with Gasteiger partial charge in [0.1, 0.15) is 12.2 Å². The number of carboxylic acid groups (broad SMARTS) is 1. The Hall–Kier alpha value is -2.84. The van der Waals surface area contributed by atoms with E-state index in [0.717, 1.165) is 30.9 Å². The maximum atomic E-state index is 10.6. The number of para-hydroxylation sites is 1. The lowest BCUT2D eigenvalue weighted by Gasteiger charge is -2.17. The first-order valence-electron chi connectivity index (χ1n) is 9.72. The first-order chi connectivity index (χ1) is 14.0. The normalized spacial score (nSPS) is 19.3. The SMILES string of the molecule is CC(C)n1cnnc1CN1C[C@@H](Cc2ccnc3ccccc23)[C@H](O)C1.O=CO. The first kappa shape index (κ1) is 20.9. The van der Waals surface area contributed by atoms with Crippen LogP contribution >= 0.6 is 0 Å². The Labute approximate surface area is 169 Å². The molecule has 1 aliphatic rings. The van der Waals surface area contributed by atoms with Crippen molar-refractivity contribution in [2.45, 2.75) is 39.0 Å². The van der Waals surface area contributed by atoms with Crippen LogP contribution in [0.4, 0.5) is 0 Å². The van der Waals surface area contributed by atoms with Crippen LogP contribution in [0.3, 0.4) is 0 Å². The summed E-state index contributed by atoms with van der Waals surface area (Å²) in [5.74, 6) is 1.18. The minimum atomic E-state index is -0.322. The van der Waals surface area contributed by atoms with Crippen LogP contribution in [0.1, 0.15) is 31.3 Å². The van der Waals surface area contributed by atoms with Gasteiger partial charge in [-0.2, -0.15) is 0 Å². The average Bonchev–Trinajstić information content (AvgIpc) is 3.30. The zero-order chi connectivity index (χ0) is 20.8. The van der Waals surface area contributed by atoms with E-state index in [1.54, 1.807) is 6.33 Å². The summed E-state index contributed by atoms with van der Waals surface area (Å²) >= 11 is 0. The number of pyridine rings is 1. The Kier molecular flexibility index (Phi) is 6.90. The number of aliphatic hydroxyl groups is 1. The smallest absolute Gasteiger partial charge is 0.290 e. The van der Waals surface area contributed by atoms with Crippen molar-refractivity contribution in [2.24, 2.45) is 5.92 Å². The van der Waals surface area contributed by atoms with E-state index in [1.807, 2.05) is 24.4 Å². The molecule has 0 amide bonds. The van der Waals surface area contributed by atoms with Gasteiger partial charge in [0.2, 0.25) is 0 Å². The molecule has 29 heavy (non-hydrogen) atoms. The van der Waals surface area contributed by atoms with E-state index in [9.17, 15) is 5.11 Å². The van der Waals surface area contributed by atoms with Gasteiger partial charge in [-0.25, -0.2) is 0 Å². The fraction of sp³-hybridized carbons (Fsp3) is 0.429. The van der Waals surface area contributed by atoms with Crippen molar-refractivity contribution in [1.29, 1.82) is 0 Å². The quantitative estimate of drug-likeness (QED) is 0.636. The highest BCUT2D eigenvalue weighted by Crippen LogP contribution is 2.26. The van der Waals surface area contributed by atoms with Gasteiger partial charge >= 0.3 is 0 Å². The van der Waals surface area contributed by atoms with E-state index in [4.69, 9.17) is 9.90 Å². The molecule has 4 rings (SSSR count). The van der Waals surface area contributed by atoms with Gasteiger partial charge in [-0.3, -0.25) is 14.7 Å². The molecule has 1 saturated heterocycles. The van der Waals surface area contributed by atoms with Crippen molar-refractivity contribution in [3.8, 4) is 0 Å². The Balaban J connectivity index is 0.000000755. The van der Waals surface area contributed by atoms with Crippen LogP contribution in [0.2, 0.25) is 0 Å². The Morgan fingerprint density at radius 1 is 1.24 bits per heavy atom. The average molecular weight is 397 g/mol. The van der Waals surface area contributed by atoms with Gasteiger partial charge in [0.25, 0.3) is 6.47 Å². The van der Waals surface area contributed by atoms with Crippen LogP contribution in [0.25, 0.3) is 10.9 Å². The fourth-order valence-electron chi connectivity index (χ4n) is 3.90. The van der Waals surface area contributed by atoms with Crippen LogP contribution < -0.4 is 0 Å². The van der Waals surface area contributed by atoms with Crippen LogP contribution in [-0.4, -0.2) is 60.5 Å². The number of carbonyl (C=O) groups is 1. The summed E-state index contributed by atoms with van der Waals surface area (Å²) < 4.78 is 2.09. The van der Waals surface area contributed by atoms with Crippen molar-refractivity contribution >= 4 is 17.4 Å². The lowest BCUT2D eigenvalue weighted by atomic mass is 9.94. The maximum absolute atomic E-state index is 10.6. The molecule has 1 aromatic carbocycles. The zero-order valence-electron chi connectivity index (χ0n) is 16.7. The molecule has 0 aliphatic carbocycles. The van der Waals surface area contributed by atoms with Gasteiger partial charge in [0.05, 0.1) is 18.2 Å². The third-order valence-electron chi connectivity index (χ3n) is 5.27. The Bertz CT molecular complexity index is 937. The fourth-order valence-corrected chi connectivity index (χ4v) is 3.90. The number of likely N-dealkylation sites (tertiary alicyclic amines) is 1. The van der Waals surface area contributed by atoms with Gasteiger partial charge in [-0.1, -0.05) is 18.2 Å². The van der Waals surface area contributed by atoms with Crippen molar-refractivity contribution < 1.29 is 15.0 Å². The van der Waals surface area contributed by atoms with Crippen LogP contribution in [0, 0.1) is 5.92 Å². The monoisotopic (exact) mass is 397 g/mol. The van der Waals surface area contributed by atoms with Gasteiger partial charge in [0.15, 0.2) is 0 Å². The van der Waals surface area contributed by atoms with E-state index in [2.05, 4.69) is 50.6 Å². The predicted octanol–water partition coefficient (Wildman–Crippen LogP) is 2.14. The summed E-state index contributed by atoms with van der Waals surface area (Å²) in [7, 11) is 0. The molecule has 8 nitrogen and oxygen atoms in total. The number of aromatic nitrogens is 4. The lowest BCUT2D eigenvalue weighted by molar-refractivity contribution is -0.122. The molecule has 0 bridgehead atoms. The molecule has 0 unspecified atom stereocenters. The summed E-state index contributed by atoms with van der Waals surface area (Å²) in [6.45, 7) is 6.27. The number of aliphatic hydroxyl groups excluding tert-OH is 1. The molecule has 1 aliphatic heterocycles. The molecule has 0 spiro atoms. The minimum absolute atomic E-state index is 0.219. The Morgan fingerprint density at radius 3 is 2.76 bits per heavy atom. The second kappa shape index (κ2) is 9.58. The number of hydrogen-bond donors (Lipinski definition) is 2. The number of hydrogen-bond acceptors (Lipinski definition) is 6. The summed E-state index contributed by atoms with van der Waals surface area (Å²) in [5, 5.41) is 27.0. The van der Waals surface area contributed by atoms with E-state index < -0.39 is 0 Å². The van der Waals surface area contributed by atoms with Gasteiger partial charge < -0.3 is 14.8 Å². The van der Waals surface area contributed by atoms with Crippen LogP contribution in [0.15, 0.2) is 42.9 Å². The molecule has 2 aromatic heterocycles. The van der Waals surface area contributed by atoms with Gasteiger partial charge in [-0.05, 0) is 38.0 Å². The van der Waals surface area contributed by atoms with Crippen LogP contribution in [0.5, 0.6) is 0 Å². The third kappa shape index (κ3) is 4.96. The van der Waals surface area contributed by atoms with E-state index >= 15 is 0 Å². The number of benzene rings is 1. The predicted molar refractivity (Wildman–Crippen MR) is 109 cm³/mol. The molecule has 0 radical (unpaired) electrons. The maximum Gasteiger partial charge on any atom is 0.290 e. The van der Waals surface area contributed by atoms with E-state index in [0.29, 0.717) is 12.6 Å². The summed E-state index contributed by atoms with van der Waals surface area (Å²) in [6, 6.07) is 10.6. The molecule has 2 N–H and O–H groups in total. The molecule has 3 aromatic rings. The Morgan fingerprint density at radius 2 is 2.00 bits per heavy atom. The molecule has 3 heterocycles. The summed E-state index contributed by atoms with van der Waals surface area (Å²) in [5.41, 5.74) is 2.27. The topological polar surface area (TPSA) is 104 Å². The van der Waals surface area contributed by atoms with Crippen molar-refractivity contribution in [3.05, 3.63) is 54.2 Å². The van der Waals surface area contributed by atoms with Gasteiger partial charge in [0, 0.05) is 36.6 Å². The molecule has 0 saturated carbocycles. The zero-order valence-corrected chi connectivity index (χ0v) is 16.7. The summed E-state index contributed by atoms with van der Waals surface area (Å²) in [4.78, 5) is 15.1. The largest absolute Gasteiger partial charge is 0.483 e. The molecular formula is C21H27N5O3. The number of nitrogens with zero attached hydrogens (tertiary/aromatic N) is 5.